The molecule has 0 aliphatic rings. The minimum absolute atomic E-state index is 0.0548. The van der Waals surface area contributed by atoms with Crippen LogP contribution in [-0.2, 0) is 10.0 Å². The fraction of sp³-hybridized carbons (Fsp3) is 0.455. The highest BCUT2D eigenvalue weighted by Crippen LogP contribution is 2.25. The second-order valence-electron chi connectivity index (χ2n) is 4.10. The van der Waals surface area contributed by atoms with E-state index in [4.69, 9.17) is 9.88 Å². The van der Waals surface area contributed by atoms with Crippen LogP contribution in [0.25, 0.3) is 0 Å². The molecule has 0 heterocycles. The van der Waals surface area contributed by atoms with E-state index >= 15 is 0 Å². The Balaban J connectivity index is 3.29. The molecule has 1 aromatic rings. The van der Waals surface area contributed by atoms with Gasteiger partial charge in [0, 0.05) is 0 Å². The Hall–Kier alpha value is -1.07. The lowest BCUT2D eigenvalue weighted by Gasteiger charge is -2.14. The molecular weight excluding hydrogens is 226 g/mol. The molecule has 0 fully saturated rings. The van der Waals surface area contributed by atoms with Crippen molar-refractivity contribution in [3.63, 3.8) is 0 Å². The van der Waals surface area contributed by atoms with Crippen molar-refractivity contribution in [2.75, 3.05) is 0 Å². The van der Waals surface area contributed by atoms with Crippen LogP contribution >= 0.6 is 0 Å². The Morgan fingerprint density at radius 3 is 1.94 bits per heavy atom. The fourth-order valence-corrected chi connectivity index (χ4v) is 2.71. The molecular formula is C11H17NO3S. The van der Waals surface area contributed by atoms with Gasteiger partial charge in [-0.15, -0.1) is 0 Å². The first-order chi connectivity index (χ1) is 7.21. The van der Waals surface area contributed by atoms with E-state index in [-0.39, 0.29) is 11.0 Å². The highest BCUT2D eigenvalue weighted by atomic mass is 32.2. The van der Waals surface area contributed by atoms with Gasteiger partial charge in [-0.1, -0.05) is 0 Å². The van der Waals surface area contributed by atoms with E-state index in [0.717, 1.165) is 0 Å². The van der Waals surface area contributed by atoms with Gasteiger partial charge < -0.3 is 4.74 Å². The van der Waals surface area contributed by atoms with E-state index < -0.39 is 10.0 Å². The van der Waals surface area contributed by atoms with Gasteiger partial charge in [0.15, 0.2) is 0 Å². The van der Waals surface area contributed by atoms with E-state index in [1.54, 1.807) is 26.0 Å². The number of hydrogen-bond acceptors (Lipinski definition) is 3. The number of aryl methyl sites for hydroxylation is 2. The average molecular weight is 243 g/mol. The van der Waals surface area contributed by atoms with Crippen molar-refractivity contribution in [3.8, 4) is 5.75 Å². The van der Waals surface area contributed by atoms with Crippen molar-refractivity contribution in [2.45, 2.75) is 38.7 Å². The summed E-state index contributed by atoms with van der Waals surface area (Å²) in [7, 11) is -3.66. The molecule has 0 saturated heterocycles. The molecule has 1 aromatic carbocycles. The van der Waals surface area contributed by atoms with E-state index in [0.29, 0.717) is 16.9 Å². The summed E-state index contributed by atoms with van der Waals surface area (Å²) in [5.41, 5.74) is 1.22. The van der Waals surface area contributed by atoms with Crippen molar-refractivity contribution >= 4 is 10.0 Å². The number of nitrogens with two attached hydrogens (primary N) is 1. The van der Waals surface area contributed by atoms with Crippen LogP contribution in [-0.4, -0.2) is 14.5 Å². The van der Waals surface area contributed by atoms with Gasteiger partial charge in [0.05, 0.1) is 11.0 Å². The van der Waals surface area contributed by atoms with Gasteiger partial charge in [-0.3, -0.25) is 0 Å². The summed E-state index contributed by atoms with van der Waals surface area (Å²) in [6, 6.07) is 3.37. The Kier molecular flexibility index (Phi) is 3.60. The molecule has 0 atom stereocenters. The van der Waals surface area contributed by atoms with Crippen molar-refractivity contribution in [2.24, 2.45) is 5.14 Å². The van der Waals surface area contributed by atoms with Crippen LogP contribution in [0, 0.1) is 13.8 Å². The number of benzene rings is 1. The van der Waals surface area contributed by atoms with Crippen molar-refractivity contribution < 1.29 is 13.2 Å². The second kappa shape index (κ2) is 4.43. The number of primary sulfonamides is 1. The van der Waals surface area contributed by atoms with Crippen LogP contribution in [0.5, 0.6) is 5.75 Å². The first-order valence-electron chi connectivity index (χ1n) is 5.02. The molecule has 0 bridgehead atoms. The van der Waals surface area contributed by atoms with Crippen molar-refractivity contribution in [1.82, 2.24) is 0 Å². The summed E-state index contributed by atoms with van der Waals surface area (Å²) in [6.45, 7) is 7.25. The quantitative estimate of drug-likeness (QED) is 0.879. The summed E-state index contributed by atoms with van der Waals surface area (Å²) < 4.78 is 28.2. The van der Waals surface area contributed by atoms with E-state index in [1.165, 1.54) is 0 Å². The zero-order valence-corrected chi connectivity index (χ0v) is 10.8. The second-order valence-corrected chi connectivity index (χ2v) is 5.60. The molecule has 0 amide bonds. The predicted octanol–water partition coefficient (Wildman–Crippen LogP) is 1.74. The highest BCUT2D eigenvalue weighted by Gasteiger charge is 2.16. The number of sulfonamides is 1. The lowest BCUT2D eigenvalue weighted by molar-refractivity contribution is 0.242. The van der Waals surface area contributed by atoms with Gasteiger partial charge in [-0.25, -0.2) is 13.6 Å². The molecule has 90 valence electrons. The molecule has 2 N–H and O–H groups in total. The standard InChI is InChI=1S/C11H17NO3S/c1-7(2)15-10-5-8(3)11(9(4)6-10)16(12,13)14/h5-7H,1-4H3,(H2,12,13,14). The maximum atomic E-state index is 11.3. The summed E-state index contributed by atoms with van der Waals surface area (Å²) >= 11 is 0. The summed E-state index contributed by atoms with van der Waals surface area (Å²) in [5.74, 6) is 0.664. The third-order valence-electron chi connectivity index (χ3n) is 2.09. The minimum Gasteiger partial charge on any atom is -0.491 e. The zero-order valence-electron chi connectivity index (χ0n) is 9.94. The molecule has 0 saturated carbocycles. The lowest BCUT2D eigenvalue weighted by atomic mass is 10.1. The Morgan fingerprint density at radius 1 is 1.19 bits per heavy atom. The largest absolute Gasteiger partial charge is 0.491 e. The van der Waals surface area contributed by atoms with Crippen LogP contribution in [0.1, 0.15) is 25.0 Å². The average Bonchev–Trinajstić information content (AvgIpc) is 1.96. The van der Waals surface area contributed by atoms with E-state index in [2.05, 4.69) is 0 Å². The number of rotatable bonds is 3. The van der Waals surface area contributed by atoms with Gasteiger partial charge in [-0.05, 0) is 51.0 Å². The third-order valence-corrected chi connectivity index (χ3v) is 3.30. The number of hydrogen-bond donors (Lipinski definition) is 1. The van der Waals surface area contributed by atoms with Gasteiger partial charge in [0.25, 0.3) is 0 Å². The molecule has 4 nitrogen and oxygen atoms in total. The molecule has 0 unspecified atom stereocenters. The normalized spacial score (nSPS) is 11.9. The maximum Gasteiger partial charge on any atom is 0.238 e. The zero-order chi connectivity index (χ0) is 12.5. The minimum atomic E-state index is -3.66. The van der Waals surface area contributed by atoms with Gasteiger partial charge in [0.2, 0.25) is 10.0 Å². The molecule has 1 rings (SSSR count). The number of ether oxygens (including phenoxy) is 1. The van der Waals surface area contributed by atoms with Gasteiger partial charge in [0.1, 0.15) is 5.75 Å². The topological polar surface area (TPSA) is 69.4 Å². The predicted molar refractivity (Wildman–Crippen MR) is 63.1 cm³/mol. The molecule has 0 spiro atoms. The highest BCUT2D eigenvalue weighted by molar-refractivity contribution is 7.89. The third kappa shape index (κ3) is 2.96. The van der Waals surface area contributed by atoms with Crippen LogP contribution in [0.3, 0.4) is 0 Å². The molecule has 0 aliphatic carbocycles. The summed E-state index contributed by atoms with van der Waals surface area (Å²) in [6.07, 6.45) is 0.0548. The van der Waals surface area contributed by atoms with Gasteiger partial charge in [-0.2, -0.15) is 0 Å². The fourth-order valence-electron chi connectivity index (χ4n) is 1.70. The van der Waals surface area contributed by atoms with E-state index in [9.17, 15) is 8.42 Å². The Morgan fingerprint density at radius 2 is 1.62 bits per heavy atom. The molecule has 16 heavy (non-hydrogen) atoms. The first-order valence-corrected chi connectivity index (χ1v) is 6.57. The lowest BCUT2D eigenvalue weighted by Crippen LogP contribution is -2.16. The molecule has 0 radical (unpaired) electrons. The van der Waals surface area contributed by atoms with E-state index in [1.807, 2.05) is 13.8 Å². The maximum absolute atomic E-state index is 11.3. The monoisotopic (exact) mass is 243 g/mol. The van der Waals surface area contributed by atoms with Crippen LogP contribution in [0.15, 0.2) is 17.0 Å². The van der Waals surface area contributed by atoms with Crippen LogP contribution in [0.4, 0.5) is 0 Å². The summed E-state index contributed by atoms with van der Waals surface area (Å²) in [4.78, 5) is 0.184. The SMILES string of the molecule is Cc1cc(OC(C)C)cc(C)c1S(N)(=O)=O. The molecule has 0 aromatic heterocycles. The summed E-state index contributed by atoms with van der Waals surface area (Å²) in [5, 5.41) is 5.14. The van der Waals surface area contributed by atoms with Gasteiger partial charge >= 0.3 is 0 Å². The first kappa shape index (κ1) is 13.0. The Labute approximate surface area is 96.5 Å². The van der Waals surface area contributed by atoms with Crippen LogP contribution < -0.4 is 9.88 Å². The van der Waals surface area contributed by atoms with Crippen LogP contribution in [0.2, 0.25) is 0 Å². The Bertz CT molecular complexity index is 469. The molecule has 5 heteroatoms. The molecule has 0 aliphatic heterocycles. The van der Waals surface area contributed by atoms with Crippen molar-refractivity contribution in [1.29, 1.82) is 0 Å². The smallest absolute Gasteiger partial charge is 0.238 e. The van der Waals surface area contributed by atoms with Crippen molar-refractivity contribution in [3.05, 3.63) is 23.3 Å².